The van der Waals surface area contributed by atoms with E-state index in [2.05, 4.69) is 31.9 Å². The summed E-state index contributed by atoms with van der Waals surface area (Å²) in [5, 5.41) is 319. The first-order chi connectivity index (χ1) is 63.1. The maximum Gasteiger partial charge on any atom is 0.217 e. The van der Waals surface area contributed by atoms with Crippen molar-refractivity contribution in [2.45, 2.75) is 347 Å². The first-order valence-corrected chi connectivity index (χ1v) is 42.3. The molecule has 10 aliphatic rings. The van der Waals surface area contributed by atoms with Crippen LogP contribution < -0.4 is 31.9 Å². The number of hydrogen-bond donors (Lipinski definition) is 33. The van der Waals surface area contributed by atoms with Crippen molar-refractivity contribution in [1.29, 1.82) is 0 Å². The van der Waals surface area contributed by atoms with E-state index >= 15 is 0 Å². The van der Waals surface area contributed by atoms with Gasteiger partial charge in [0, 0.05) is 34.6 Å². The minimum Gasteiger partial charge on any atom is -0.394 e. The summed E-state index contributed by atoms with van der Waals surface area (Å²) in [6.45, 7) is -8.00. The molecule has 10 rings (SSSR count). The SMILES string of the molecule is CC(=O)N[C@H]1[C@@H](O[C@H]2[C@@H](O)[C@@H](CO)O[C@@H](O[C@H]3[C@H](O)[C@@H](CO)O[C@@H](OC[C@H]4O[C@@H](O[C@H]5[C@H](O)[C@@H](CO)O[C@@H](O[C@H]6[C@@H](O)[C@@H](CO)O[C@@H](O[C@H]7[C@H](O)[C@@H](O)[C@H](OC[C@@H](CO)NC=O)O[C@@H]7CO)[C@@H]6O)[C@@H]5NC(C)=O)[C@H](O)[C@@H](O[C@@H]5O[C@H](CO)[C@@H](O)[C@H](O[C@@H]6O[C@H](CO)[C@H](O)[C@H](O[C@H]7O[C@H](CO)[C@H](O)[C@H](O)[C@H]7NC(C)=O)[C@H]6O)[C@H]5NC(C)=O)[C@H]4O)[C@@H]3NC(C)=O)[C@@H]2O)O[C@H](CO)[C@H](O)[C@@H]1O. The molecule has 768 valence electrons. The first kappa shape index (κ1) is 110. The molecular weight excluding hydrogens is 1820 g/mol. The van der Waals surface area contributed by atoms with Crippen LogP contribution in [0.5, 0.6) is 0 Å². The maximum atomic E-state index is 13.6. The Morgan fingerprint density at radius 3 is 0.774 bits per heavy atom. The Labute approximate surface area is 753 Å². The van der Waals surface area contributed by atoms with Gasteiger partial charge in [-0.1, -0.05) is 0 Å². The monoisotopic (exact) mass is 1940 g/mol. The van der Waals surface area contributed by atoms with Crippen LogP contribution in [-0.4, -0.2) is 566 Å². The third-order valence-electron chi connectivity index (χ3n) is 23.8. The van der Waals surface area contributed by atoms with Crippen LogP contribution in [0.4, 0.5) is 0 Å². The van der Waals surface area contributed by atoms with Gasteiger partial charge in [-0.2, -0.15) is 0 Å². The van der Waals surface area contributed by atoms with Crippen LogP contribution >= 0.6 is 0 Å². The van der Waals surface area contributed by atoms with E-state index in [0.29, 0.717) is 0 Å². The summed E-state index contributed by atoms with van der Waals surface area (Å²) >= 11 is 0. The van der Waals surface area contributed by atoms with Crippen molar-refractivity contribution in [3.63, 3.8) is 0 Å². The van der Waals surface area contributed by atoms with Crippen LogP contribution in [0.25, 0.3) is 0 Å². The lowest BCUT2D eigenvalue weighted by Gasteiger charge is -2.51. The number of amides is 6. The summed E-state index contributed by atoms with van der Waals surface area (Å²) < 4.78 is 119. The van der Waals surface area contributed by atoms with Gasteiger partial charge in [0.1, 0.15) is 244 Å². The Bertz CT molecular complexity index is 3630. The summed E-state index contributed by atoms with van der Waals surface area (Å²) in [6, 6.07) is -10.8. The molecule has 10 aliphatic heterocycles. The molecule has 59 heteroatoms. The van der Waals surface area contributed by atoms with Crippen molar-refractivity contribution in [2.24, 2.45) is 0 Å². The fourth-order valence-corrected chi connectivity index (χ4v) is 16.9. The highest BCUT2D eigenvalue weighted by molar-refractivity contribution is 5.75. The Hall–Kier alpha value is -5.06. The maximum absolute atomic E-state index is 13.6. The Morgan fingerprint density at radius 1 is 0.248 bits per heavy atom. The first-order valence-electron chi connectivity index (χ1n) is 42.3. The Kier molecular flexibility index (Phi) is 40.8. The highest BCUT2D eigenvalue weighted by atomic mass is 16.8. The molecule has 0 unspecified atom stereocenters. The second kappa shape index (κ2) is 49.4. The summed E-state index contributed by atoms with van der Waals surface area (Å²) in [5.74, 6) is -4.84. The summed E-state index contributed by atoms with van der Waals surface area (Å²) in [6.07, 6.45) is -95.8. The number of ether oxygens (including phenoxy) is 20. The molecule has 6 amide bonds. The number of carbonyl (C=O) groups excluding carboxylic acids is 6. The van der Waals surface area contributed by atoms with E-state index < -0.39 is 422 Å². The quantitative estimate of drug-likeness (QED) is 0.0254. The zero-order valence-corrected chi connectivity index (χ0v) is 71.7. The zero-order chi connectivity index (χ0) is 97.9. The predicted molar refractivity (Wildman–Crippen MR) is 411 cm³/mol. The number of carbonyl (C=O) groups is 6. The van der Waals surface area contributed by atoms with Crippen molar-refractivity contribution in [3.05, 3.63) is 0 Å². The van der Waals surface area contributed by atoms with Gasteiger partial charge in [0.2, 0.25) is 35.9 Å². The third-order valence-corrected chi connectivity index (χ3v) is 23.8. The van der Waals surface area contributed by atoms with Gasteiger partial charge in [-0.3, -0.25) is 28.8 Å². The number of hydrogen-bond acceptors (Lipinski definition) is 53. The Morgan fingerprint density at radius 2 is 0.481 bits per heavy atom. The van der Waals surface area contributed by atoms with Crippen molar-refractivity contribution in [3.8, 4) is 0 Å². The van der Waals surface area contributed by atoms with Crippen molar-refractivity contribution in [2.75, 3.05) is 79.3 Å². The van der Waals surface area contributed by atoms with Gasteiger partial charge in [0.15, 0.2) is 62.9 Å². The number of nitrogens with one attached hydrogen (secondary N) is 6. The summed E-state index contributed by atoms with van der Waals surface area (Å²) in [5.41, 5.74) is 0. The minimum absolute atomic E-state index is 0.228. The van der Waals surface area contributed by atoms with Gasteiger partial charge in [-0.15, -0.1) is 0 Å². The average molecular weight is 1950 g/mol. The normalized spacial score (nSPS) is 46.7. The minimum atomic E-state index is -2.68. The molecule has 0 aliphatic carbocycles. The molecule has 10 saturated heterocycles. The molecule has 0 radical (unpaired) electrons. The van der Waals surface area contributed by atoms with Gasteiger partial charge in [-0.05, 0) is 0 Å². The number of aliphatic hydroxyl groups excluding tert-OH is 27. The van der Waals surface area contributed by atoms with Crippen molar-refractivity contribution in [1.82, 2.24) is 31.9 Å². The molecule has 0 aromatic heterocycles. The lowest BCUT2D eigenvalue weighted by atomic mass is 9.93. The molecule has 51 atom stereocenters. The highest BCUT2D eigenvalue weighted by Gasteiger charge is 2.63. The molecule has 133 heavy (non-hydrogen) atoms. The van der Waals surface area contributed by atoms with E-state index in [0.717, 1.165) is 34.6 Å². The van der Waals surface area contributed by atoms with Crippen LogP contribution in [0, 0.1) is 0 Å². The smallest absolute Gasteiger partial charge is 0.217 e. The molecule has 33 N–H and O–H groups in total. The average Bonchev–Trinajstić information content (AvgIpc) is 0.769. The molecule has 10 fully saturated rings. The van der Waals surface area contributed by atoms with Crippen LogP contribution in [0.2, 0.25) is 0 Å². The van der Waals surface area contributed by atoms with Gasteiger partial charge >= 0.3 is 0 Å². The van der Waals surface area contributed by atoms with Crippen LogP contribution in [0.15, 0.2) is 0 Å². The van der Waals surface area contributed by atoms with Crippen LogP contribution in [-0.2, 0) is 124 Å². The van der Waals surface area contributed by atoms with E-state index in [1.807, 2.05) is 0 Å². The largest absolute Gasteiger partial charge is 0.394 e. The van der Waals surface area contributed by atoms with E-state index in [4.69, 9.17) is 94.7 Å². The van der Waals surface area contributed by atoms with Crippen LogP contribution in [0.3, 0.4) is 0 Å². The molecular formula is C74H124N6O53. The zero-order valence-electron chi connectivity index (χ0n) is 71.7. The highest BCUT2D eigenvalue weighted by Crippen LogP contribution is 2.41. The number of rotatable bonds is 39. The molecule has 0 aromatic carbocycles. The number of aliphatic hydroxyl groups is 27. The van der Waals surface area contributed by atoms with Crippen molar-refractivity contribution < 1.29 is 261 Å². The van der Waals surface area contributed by atoms with E-state index in [-0.39, 0.29) is 6.41 Å². The molecule has 0 spiro atoms. The van der Waals surface area contributed by atoms with E-state index in [1.165, 1.54) is 0 Å². The van der Waals surface area contributed by atoms with Crippen molar-refractivity contribution >= 4 is 35.9 Å². The van der Waals surface area contributed by atoms with E-state index in [9.17, 15) is 167 Å². The molecule has 0 bridgehead atoms. The molecule has 59 nitrogen and oxygen atoms in total. The molecule has 10 heterocycles. The fraction of sp³-hybridized carbons (Fsp3) is 0.919. The second-order valence-electron chi connectivity index (χ2n) is 33.2. The van der Waals surface area contributed by atoms with Gasteiger partial charge < -0.3 is 265 Å². The lowest BCUT2D eigenvalue weighted by Crippen LogP contribution is -2.71. The summed E-state index contributed by atoms with van der Waals surface area (Å²) in [4.78, 5) is 76.5. The predicted octanol–water partition coefficient (Wildman–Crippen LogP) is -23.0. The lowest BCUT2D eigenvalue weighted by molar-refractivity contribution is -0.389. The van der Waals surface area contributed by atoms with Crippen LogP contribution in [0.1, 0.15) is 34.6 Å². The van der Waals surface area contributed by atoms with Gasteiger partial charge in [0.25, 0.3) is 0 Å². The van der Waals surface area contributed by atoms with E-state index in [1.54, 1.807) is 0 Å². The van der Waals surface area contributed by atoms with Gasteiger partial charge in [0.05, 0.1) is 85.3 Å². The fourth-order valence-electron chi connectivity index (χ4n) is 16.9. The molecule has 0 aromatic rings. The topological polar surface area (TPSA) is 905 Å². The summed E-state index contributed by atoms with van der Waals surface area (Å²) in [7, 11) is 0. The second-order valence-corrected chi connectivity index (χ2v) is 33.2. The van der Waals surface area contributed by atoms with Gasteiger partial charge in [-0.25, -0.2) is 0 Å². The Balaban J connectivity index is 0.998. The molecule has 0 saturated carbocycles. The standard InChI is InChI=1S/C74H124N6O53/c1-19(92)76-35-49(106)40(97)25(7-82)117-66(35)130-61-45(102)31(13-88)122-72(54(61)111)127-58-37(78-21(3)94)65(116-27(9-84)42(58)99)115-17-34-48(105)64(133-69-38(79-22(4)95)59(43(100)28(10-85)120-69)128-73-55(112)62(46(103)32(14-89)123-73)131-67-36(77-20(2)93)50(107)41(98)26(8-83)118-67)56(113)74(125-34)129-60-39(80-23(5)96)68(119-29(11-86)44(60)101)132-63-47(104)30(12-87)121-71(53(63)110)126-57-33(15-90)124-70(52(109)51(57)108)114-16-24(6-81)75-18-91/h18,24-74,81-90,97-113H,6-17H2,1-5H3,(H,75,91)(H,76,92)(H,77,93)(H,78,94)(H,79,95)(H,80,96)/t24-,25-,26-,27-,28-,29-,30-,31-,32-,33-,34-,35-,36-,37-,38-,39-,40+,41+,42-,43-,44-,45+,46+,47+,48+,49-,50-,51-,52-,53-,54-,55-,56-,57-,58-,59-,60-,61+,62+,63+,64+,65-,66-,67-,68+,69+,70-,71+,72+,73+,74+/m1/s1. The third kappa shape index (κ3) is 25.3.